The molecule has 0 radical (unpaired) electrons. The third kappa shape index (κ3) is 4.37. The summed E-state index contributed by atoms with van der Waals surface area (Å²) in [6.07, 6.45) is 2.89. The van der Waals surface area contributed by atoms with Crippen LogP contribution in [0.2, 0.25) is 0 Å². The summed E-state index contributed by atoms with van der Waals surface area (Å²) in [5, 5.41) is 0. The highest BCUT2D eigenvalue weighted by Crippen LogP contribution is 2.26. The third-order valence-electron chi connectivity index (χ3n) is 2.82. The average Bonchev–Trinajstić information content (AvgIpc) is 2.41. The quantitative estimate of drug-likeness (QED) is 0.558. The van der Waals surface area contributed by atoms with Gasteiger partial charge >= 0.3 is 0 Å². The first-order valence-corrected chi connectivity index (χ1v) is 6.68. The zero-order valence-corrected chi connectivity index (χ0v) is 12.5. The molecule has 0 fully saturated rings. The second-order valence-electron chi connectivity index (χ2n) is 4.14. The summed E-state index contributed by atoms with van der Waals surface area (Å²) in [4.78, 5) is 0. The smallest absolute Gasteiger partial charge is 0.0187 e. The van der Waals surface area contributed by atoms with E-state index in [1.165, 1.54) is 16.7 Å². The first-order chi connectivity index (χ1) is 8.60. The molecule has 1 rings (SSSR count). The Kier molecular flexibility index (Phi) is 7.78. The molecule has 0 unspecified atom stereocenters. The van der Waals surface area contributed by atoms with Gasteiger partial charge in [-0.3, -0.25) is 0 Å². The molecular formula is C18H26. The highest BCUT2D eigenvalue weighted by atomic mass is 14.1. The topological polar surface area (TPSA) is 0 Å². The van der Waals surface area contributed by atoms with Crippen LogP contribution in [0.3, 0.4) is 0 Å². The van der Waals surface area contributed by atoms with Gasteiger partial charge in [0.25, 0.3) is 0 Å². The van der Waals surface area contributed by atoms with Gasteiger partial charge in [0, 0.05) is 0 Å². The van der Waals surface area contributed by atoms with E-state index in [0.717, 1.165) is 17.6 Å². The fourth-order valence-electron chi connectivity index (χ4n) is 1.86. The number of allylic oxidation sites excluding steroid dienone is 3. The molecule has 1 aromatic rings. The predicted octanol–water partition coefficient (Wildman–Crippen LogP) is 6.12. The fraction of sp³-hybridized carbons (Fsp3) is 0.333. The Labute approximate surface area is 113 Å². The Bertz CT molecular complexity index is 412. The number of hydrogen-bond donors (Lipinski definition) is 0. The lowest BCUT2D eigenvalue weighted by atomic mass is 9.94. The average molecular weight is 242 g/mol. The van der Waals surface area contributed by atoms with Crippen molar-refractivity contribution >= 4 is 11.6 Å². The molecule has 0 amide bonds. The van der Waals surface area contributed by atoms with Gasteiger partial charge in [-0.25, -0.2) is 0 Å². The molecule has 0 aliphatic heterocycles. The molecule has 0 N–H and O–H groups in total. The van der Waals surface area contributed by atoms with Gasteiger partial charge in [-0.05, 0) is 42.5 Å². The maximum Gasteiger partial charge on any atom is -0.0187 e. The fourth-order valence-corrected chi connectivity index (χ4v) is 1.86. The zero-order chi connectivity index (χ0) is 14.1. The highest BCUT2D eigenvalue weighted by Gasteiger charge is 2.05. The summed E-state index contributed by atoms with van der Waals surface area (Å²) < 4.78 is 0. The lowest BCUT2D eigenvalue weighted by molar-refractivity contribution is 1.11. The molecule has 0 aliphatic carbocycles. The van der Waals surface area contributed by atoms with E-state index >= 15 is 0 Å². The van der Waals surface area contributed by atoms with Gasteiger partial charge in [-0.1, -0.05) is 69.8 Å². The SMILES string of the molecule is C=Cc1ccc(C(=C)C(CC)=C(C)C)cc1.CC. The van der Waals surface area contributed by atoms with Crippen molar-refractivity contribution < 1.29 is 0 Å². The molecule has 0 nitrogen and oxygen atoms in total. The van der Waals surface area contributed by atoms with E-state index in [2.05, 4.69) is 58.2 Å². The lowest BCUT2D eigenvalue weighted by Crippen LogP contribution is -1.90. The number of hydrogen-bond acceptors (Lipinski definition) is 0. The summed E-state index contributed by atoms with van der Waals surface area (Å²) in [5.41, 5.74) is 6.18. The highest BCUT2D eigenvalue weighted by molar-refractivity contribution is 5.78. The van der Waals surface area contributed by atoms with Crippen molar-refractivity contribution in [3.63, 3.8) is 0 Å². The molecule has 0 heteroatoms. The molecule has 0 saturated heterocycles. The number of benzene rings is 1. The van der Waals surface area contributed by atoms with Crippen molar-refractivity contribution in [3.05, 3.63) is 59.7 Å². The normalized spacial score (nSPS) is 8.94. The van der Waals surface area contributed by atoms with Crippen LogP contribution in [-0.2, 0) is 0 Å². The van der Waals surface area contributed by atoms with E-state index in [1.807, 2.05) is 19.9 Å². The van der Waals surface area contributed by atoms with E-state index in [1.54, 1.807) is 0 Å². The Morgan fingerprint density at radius 2 is 1.61 bits per heavy atom. The second kappa shape index (κ2) is 8.52. The molecule has 0 aliphatic rings. The molecule has 0 atom stereocenters. The minimum atomic E-state index is 1.03. The van der Waals surface area contributed by atoms with Gasteiger partial charge in [-0.2, -0.15) is 0 Å². The van der Waals surface area contributed by atoms with Crippen molar-refractivity contribution in [1.82, 2.24) is 0 Å². The van der Waals surface area contributed by atoms with Gasteiger partial charge in [0.15, 0.2) is 0 Å². The zero-order valence-electron chi connectivity index (χ0n) is 12.5. The van der Waals surface area contributed by atoms with Gasteiger partial charge in [-0.15, -0.1) is 0 Å². The third-order valence-corrected chi connectivity index (χ3v) is 2.82. The van der Waals surface area contributed by atoms with E-state index in [0.29, 0.717) is 0 Å². The first-order valence-electron chi connectivity index (χ1n) is 6.68. The summed E-state index contributed by atoms with van der Waals surface area (Å²) in [6.45, 7) is 18.4. The molecule has 0 spiro atoms. The van der Waals surface area contributed by atoms with Crippen molar-refractivity contribution in [1.29, 1.82) is 0 Å². The van der Waals surface area contributed by atoms with Crippen molar-refractivity contribution in [2.75, 3.05) is 0 Å². The molecular weight excluding hydrogens is 216 g/mol. The van der Waals surface area contributed by atoms with Crippen LogP contribution >= 0.6 is 0 Å². The summed E-state index contributed by atoms with van der Waals surface area (Å²) in [5.74, 6) is 0. The standard InChI is InChI=1S/C16H20.C2H6/c1-6-14-8-10-15(11-9-14)13(5)16(7-2)12(3)4;1-2/h6,8-11H,1,5,7H2,2-4H3;1-2H3. The Balaban J connectivity index is 0.00000137. The monoisotopic (exact) mass is 242 g/mol. The van der Waals surface area contributed by atoms with Crippen LogP contribution in [-0.4, -0.2) is 0 Å². The predicted molar refractivity (Wildman–Crippen MR) is 85.6 cm³/mol. The van der Waals surface area contributed by atoms with Gasteiger partial charge < -0.3 is 0 Å². The van der Waals surface area contributed by atoms with Crippen LogP contribution in [0.1, 0.15) is 52.2 Å². The lowest BCUT2D eigenvalue weighted by Gasteiger charge is -2.11. The van der Waals surface area contributed by atoms with E-state index < -0.39 is 0 Å². The van der Waals surface area contributed by atoms with E-state index in [9.17, 15) is 0 Å². The minimum absolute atomic E-state index is 1.03. The molecule has 98 valence electrons. The van der Waals surface area contributed by atoms with Crippen LogP contribution in [0.25, 0.3) is 11.6 Å². The Hall–Kier alpha value is -1.56. The van der Waals surface area contributed by atoms with Crippen LogP contribution in [0, 0.1) is 0 Å². The Morgan fingerprint density at radius 3 is 1.94 bits per heavy atom. The summed E-state index contributed by atoms with van der Waals surface area (Å²) in [6, 6.07) is 8.37. The van der Waals surface area contributed by atoms with Crippen molar-refractivity contribution in [2.45, 2.75) is 41.0 Å². The molecule has 0 bridgehead atoms. The van der Waals surface area contributed by atoms with Crippen molar-refractivity contribution in [2.24, 2.45) is 0 Å². The van der Waals surface area contributed by atoms with Gasteiger partial charge in [0.05, 0.1) is 0 Å². The van der Waals surface area contributed by atoms with Crippen LogP contribution in [0.4, 0.5) is 0 Å². The van der Waals surface area contributed by atoms with Crippen molar-refractivity contribution in [3.8, 4) is 0 Å². The largest absolute Gasteiger partial charge is 0.0985 e. The molecule has 1 aromatic carbocycles. The Morgan fingerprint density at radius 1 is 1.11 bits per heavy atom. The minimum Gasteiger partial charge on any atom is -0.0985 e. The van der Waals surface area contributed by atoms with Gasteiger partial charge in [0.2, 0.25) is 0 Å². The first kappa shape index (κ1) is 16.4. The van der Waals surface area contributed by atoms with E-state index in [4.69, 9.17) is 0 Å². The molecule has 18 heavy (non-hydrogen) atoms. The summed E-state index contributed by atoms with van der Waals surface area (Å²) >= 11 is 0. The molecule has 0 heterocycles. The molecule has 0 saturated carbocycles. The van der Waals surface area contributed by atoms with Crippen LogP contribution in [0.5, 0.6) is 0 Å². The number of rotatable bonds is 4. The second-order valence-corrected chi connectivity index (χ2v) is 4.14. The molecule has 0 aromatic heterocycles. The van der Waals surface area contributed by atoms with Crippen LogP contribution < -0.4 is 0 Å². The summed E-state index contributed by atoms with van der Waals surface area (Å²) in [7, 11) is 0. The maximum atomic E-state index is 4.19. The van der Waals surface area contributed by atoms with E-state index in [-0.39, 0.29) is 0 Å². The van der Waals surface area contributed by atoms with Crippen LogP contribution in [0.15, 0.2) is 48.6 Å². The van der Waals surface area contributed by atoms with Gasteiger partial charge in [0.1, 0.15) is 0 Å². The maximum absolute atomic E-state index is 4.19.